The SMILES string of the molecule is CO.COc1ccc(CO)cc1.[W]. The van der Waals surface area contributed by atoms with Crippen LogP contribution >= 0.6 is 0 Å². The molecular formula is C9H14O3W. The van der Waals surface area contributed by atoms with Crippen LogP contribution in [0.3, 0.4) is 0 Å². The van der Waals surface area contributed by atoms with Gasteiger partial charge in [-0.05, 0) is 17.7 Å². The Hall–Kier alpha value is -0.372. The van der Waals surface area contributed by atoms with E-state index in [4.69, 9.17) is 14.9 Å². The molecule has 0 spiro atoms. The quantitative estimate of drug-likeness (QED) is 0.826. The molecular weight excluding hydrogens is 340 g/mol. The van der Waals surface area contributed by atoms with Gasteiger partial charge in [0.25, 0.3) is 0 Å². The summed E-state index contributed by atoms with van der Waals surface area (Å²) in [5, 5.41) is 15.7. The summed E-state index contributed by atoms with van der Waals surface area (Å²) in [6.45, 7) is 0.0873. The molecule has 1 rings (SSSR count). The largest absolute Gasteiger partial charge is 0.497 e. The van der Waals surface area contributed by atoms with Gasteiger partial charge in [0.2, 0.25) is 0 Å². The molecule has 0 aliphatic rings. The van der Waals surface area contributed by atoms with Crippen LogP contribution in [-0.2, 0) is 27.7 Å². The first-order chi connectivity index (χ1) is 5.86. The second-order valence-electron chi connectivity index (χ2n) is 2.01. The Labute approximate surface area is 92.6 Å². The molecule has 0 aliphatic heterocycles. The van der Waals surface area contributed by atoms with E-state index in [0.29, 0.717) is 0 Å². The second kappa shape index (κ2) is 9.71. The predicted molar refractivity (Wildman–Crippen MR) is 47.1 cm³/mol. The maximum atomic E-state index is 8.66. The molecule has 3 nitrogen and oxygen atoms in total. The van der Waals surface area contributed by atoms with Crippen molar-refractivity contribution in [3.05, 3.63) is 29.8 Å². The van der Waals surface area contributed by atoms with Gasteiger partial charge in [-0.2, -0.15) is 0 Å². The molecule has 4 heteroatoms. The Morgan fingerprint density at radius 3 is 1.92 bits per heavy atom. The van der Waals surface area contributed by atoms with Crippen molar-refractivity contribution >= 4 is 0 Å². The van der Waals surface area contributed by atoms with E-state index in [0.717, 1.165) is 18.4 Å². The third-order valence-corrected chi connectivity index (χ3v) is 1.34. The molecule has 0 unspecified atom stereocenters. The Kier molecular flexibility index (Phi) is 11.3. The minimum absolute atomic E-state index is 0. The zero-order valence-corrected chi connectivity index (χ0v) is 10.7. The van der Waals surface area contributed by atoms with Crippen LogP contribution in [0.5, 0.6) is 5.75 Å². The van der Waals surface area contributed by atoms with Crippen molar-refractivity contribution in [3.63, 3.8) is 0 Å². The summed E-state index contributed by atoms with van der Waals surface area (Å²) in [5.41, 5.74) is 0.904. The summed E-state index contributed by atoms with van der Waals surface area (Å²) in [6, 6.07) is 7.31. The molecule has 0 heterocycles. The number of aliphatic hydroxyl groups excluding tert-OH is 2. The third kappa shape index (κ3) is 5.80. The van der Waals surface area contributed by atoms with Crippen LogP contribution in [0.1, 0.15) is 5.56 Å². The molecule has 0 radical (unpaired) electrons. The first-order valence-corrected chi connectivity index (χ1v) is 3.55. The minimum Gasteiger partial charge on any atom is -0.497 e. The number of methoxy groups -OCH3 is 1. The zero-order valence-electron chi connectivity index (χ0n) is 7.73. The molecule has 1 aromatic carbocycles. The standard InChI is InChI=1S/C8H10O2.CH4O.W/c1-10-8-4-2-7(6-9)3-5-8;1-2;/h2-5,9H,6H2,1H3;2H,1H3;. The summed E-state index contributed by atoms with van der Waals surface area (Å²) in [4.78, 5) is 0. The average Bonchev–Trinajstić information content (AvgIpc) is 2.21. The van der Waals surface area contributed by atoms with Crippen LogP contribution in [0, 0.1) is 0 Å². The van der Waals surface area contributed by atoms with Crippen molar-refractivity contribution in [2.45, 2.75) is 6.61 Å². The Bertz CT molecular complexity index is 176. The molecule has 0 saturated carbocycles. The maximum Gasteiger partial charge on any atom is 0.118 e. The average molecular weight is 354 g/mol. The topological polar surface area (TPSA) is 49.7 Å². The summed E-state index contributed by atoms with van der Waals surface area (Å²) in [7, 11) is 2.62. The number of hydrogen-bond donors (Lipinski definition) is 2. The molecule has 0 amide bonds. The predicted octanol–water partition coefficient (Wildman–Crippen LogP) is 0.793. The minimum atomic E-state index is 0. The van der Waals surface area contributed by atoms with E-state index in [9.17, 15) is 0 Å². The first kappa shape index (κ1) is 15.1. The Balaban J connectivity index is 0. The van der Waals surface area contributed by atoms with E-state index in [1.807, 2.05) is 24.3 Å². The molecule has 2 N–H and O–H groups in total. The fourth-order valence-corrected chi connectivity index (χ4v) is 0.731. The molecule has 13 heavy (non-hydrogen) atoms. The first-order valence-electron chi connectivity index (χ1n) is 3.55. The zero-order chi connectivity index (χ0) is 9.40. The van der Waals surface area contributed by atoms with Gasteiger partial charge in [0.1, 0.15) is 5.75 Å². The van der Waals surface area contributed by atoms with Crippen LogP contribution in [0.25, 0.3) is 0 Å². The van der Waals surface area contributed by atoms with Gasteiger partial charge >= 0.3 is 0 Å². The molecule has 0 aliphatic carbocycles. The van der Waals surface area contributed by atoms with E-state index < -0.39 is 0 Å². The van der Waals surface area contributed by atoms with Crippen LogP contribution in [-0.4, -0.2) is 24.4 Å². The molecule has 0 atom stereocenters. The summed E-state index contributed by atoms with van der Waals surface area (Å²) < 4.78 is 4.93. The smallest absolute Gasteiger partial charge is 0.118 e. The normalized spacial score (nSPS) is 7.69. The van der Waals surface area contributed by atoms with Gasteiger partial charge in [-0.15, -0.1) is 0 Å². The van der Waals surface area contributed by atoms with E-state index >= 15 is 0 Å². The number of aliphatic hydroxyl groups is 2. The van der Waals surface area contributed by atoms with Crippen molar-refractivity contribution < 1.29 is 36.0 Å². The van der Waals surface area contributed by atoms with Crippen molar-refractivity contribution in [3.8, 4) is 5.75 Å². The van der Waals surface area contributed by atoms with E-state index in [-0.39, 0.29) is 27.7 Å². The molecule has 0 saturated heterocycles. The van der Waals surface area contributed by atoms with E-state index in [2.05, 4.69) is 0 Å². The Morgan fingerprint density at radius 1 is 1.15 bits per heavy atom. The molecule has 0 fully saturated rings. The monoisotopic (exact) mass is 354 g/mol. The van der Waals surface area contributed by atoms with Crippen LogP contribution in [0.2, 0.25) is 0 Å². The third-order valence-electron chi connectivity index (χ3n) is 1.34. The molecule has 74 valence electrons. The number of benzene rings is 1. The number of ether oxygens (including phenoxy) is 1. The Morgan fingerprint density at radius 2 is 1.62 bits per heavy atom. The van der Waals surface area contributed by atoms with Gasteiger partial charge in [-0.3, -0.25) is 0 Å². The molecule has 0 bridgehead atoms. The van der Waals surface area contributed by atoms with Crippen molar-refractivity contribution in [1.82, 2.24) is 0 Å². The molecule has 0 aromatic heterocycles. The van der Waals surface area contributed by atoms with E-state index in [1.165, 1.54) is 0 Å². The summed E-state index contributed by atoms with van der Waals surface area (Å²) in [5.74, 6) is 0.817. The van der Waals surface area contributed by atoms with E-state index in [1.54, 1.807) is 7.11 Å². The fourth-order valence-electron chi connectivity index (χ4n) is 0.731. The van der Waals surface area contributed by atoms with Crippen molar-refractivity contribution in [2.24, 2.45) is 0 Å². The van der Waals surface area contributed by atoms with Crippen LogP contribution in [0.15, 0.2) is 24.3 Å². The van der Waals surface area contributed by atoms with Gasteiger partial charge < -0.3 is 14.9 Å². The van der Waals surface area contributed by atoms with Crippen molar-refractivity contribution in [1.29, 1.82) is 0 Å². The fraction of sp³-hybridized carbons (Fsp3) is 0.333. The van der Waals surface area contributed by atoms with Gasteiger partial charge in [0.15, 0.2) is 0 Å². The number of hydrogen-bond acceptors (Lipinski definition) is 3. The summed E-state index contributed by atoms with van der Waals surface area (Å²) in [6.07, 6.45) is 0. The van der Waals surface area contributed by atoms with Crippen LogP contribution < -0.4 is 4.74 Å². The molecule has 1 aromatic rings. The van der Waals surface area contributed by atoms with Crippen molar-refractivity contribution in [2.75, 3.05) is 14.2 Å². The second-order valence-corrected chi connectivity index (χ2v) is 2.01. The van der Waals surface area contributed by atoms with Crippen LogP contribution in [0.4, 0.5) is 0 Å². The summed E-state index contributed by atoms with van der Waals surface area (Å²) >= 11 is 0. The van der Waals surface area contributed by atoms with Gasteiger partial charge in [0.05, 0.1) is 13.7 Å². The van der Waals surface area contributed by atoms with Gasteiger partial charge in [-0.25, -0.2) is 0 Å². The van der Waals surface area contributed by atoms with Gasteiger partial charge in [-0.1, -0.05) is 12.1 Å². The number of rotatable bonds is 2. The maximum absolute atomic E-state index is 8.66. The van der Waals surface area contributed by atoms with Gasteiger partial charge in [0, 0.05) is 28.2 Å².